The summed E-state index contributed by atoms with van der Waals surface area (Å²) in [4.78, 5) is 14.9. The van der Waals surface area contributed by atoms with Crippen LogP contribution in [0, 0.1) is 5.95 Å². The highest BCUT2D eigenvalue weighted by Crippen LogP contribution is 2.06. The van der Waals surface area contributed by atoms with Gasteiger partial charge in [-0.15, -0.1) is 0 Å². The van der Waals surface area contributed by atoms with E-state index in [-0.39, 0.29) is 11.4 Å². The molecule has 1 rings (SSSR count). The van der Waals surface area contributed by atoms with E-state index in [1.807, 2.05) is 20.8 Å². The first-order valence-corrected chi connectivity index (χ1v) is 5.53. The molecule has 4 nitrogen and oxygen atoms in total. The first kappa shape index (κ1) is 13.4. The molecule has 0 saturated carbocycles. The number of pyridine rings is 1. The molecule has 0 aliphatic rings. The van der Waals surface area contributed by atoms with Crippen molar-refractivity contribution in [1.82, 2.24) is 10.3 Å². The van der Waals surface area contributed by atoms with Gasteiger partial charge in [-0.3, -0.25) is 4.79 Å². The van der Waals surface area contributed by atoms with E-state index in [2.05, 4.69) is 15.6 Å². The van der Waals surface area contributed by atoms with E-state index in [0.29, 0.717) is 18.7 Å². The molecular formula is C12H18FN3O. The molecule has 1 amide bonds. The summed E-state index contributed by atoms with van der Waals surface area (Å²) in [5, 5.41) is 5.81. The number of carbonyl (C=O) groups is 1. The van der Waals surface area contributed by atoms with Gasteiger partial charge in [0.1, 0.15) is 0 Å². The fourth-order valence-corrected chi connectivity index (χ4v) is 1.31. The fraction of sp³-hybridized carbons (Fsp3) is 0.500. The van der Waals surface area contributed by atoms with Gasteiger partial charge < -0.3 is 10.6 Å². The van der Waals surface area contributed by atoms with Gasteiger partial charge in [0.25, 0.3) is 0 Å². The van der Waals surface area contributed by atoms with Gasteiger partial charge in [0.2, 0.25) is 11.9 Å². The Hall–Kier alpha value is -1.65. The first-order valence-electron chi connectivity index (χ1n) is 5.53. The second-order valence-electron chi connectivity index (χ2n) is 4.84. The van der Waals surface area contributed by atoms with Crippen LogP contribution >= 0.6 is 0 Å². The molecule has 2 N–H and O–H groups in total. The highest BCUT2D eigenvalue weighted by atomic mass is 19.1. The zero-order chi connectivity index (χ0) is 12.9. The first-order chi connectivity index (χ1) is 7.87. The molecule has 94 valence electrons. The van der Waals surface area contributed by atoms with E-state index in [1.165, 1.54) is 12.3 Å². The van der Waals surface area contributed by atoms with Crippen LogP contribution in [0.25, 0.3) is 0 Å². The average molecular weight is 239 g/mol. The van der Waals surface area contributed by atoms with Gasteiger partial charge >= 0.3 is 0 Å². The summed E-state index contributed by atoms with van der Waals surface area (Å²) in [5.41, 5.74) is 0.404. The van der Waals surface area contributed by atoms with Crippen LogP contribution in [0.1, 0.15) is 27.2 Å². The number of nitrogens with zero attached hydrogens (tertiary/aromatic N) is 1. The number of rotatable bonds is 4. The number of carbonyl (C=O) groups excluding carboxylic acids is 1. The van der Waals surface area contributed by atoms with Gasteiger partial charge in [0.05, 0.1) is 0 Å². The Morgan fingerprint density at radius 3 is 2.76 bits per heavy atom. The lowest BCUT2D eigenvalue weighted by atomic mass is 10.1. The van der Waals surface area contributed by atoms with Crippen LogP contribution in [-0.4, -0.2) is 23.0 Å². The second kappa shape index (κ2) is 5.61. The molecule has 1 aromatic rings. The Morgan fingerprint density at radius 2 is 2.18 bits per heavy atom. The minimum Gasteiger partial charge on any atom is -0.384 e. The Morgan fingerprint density at radius 1 is 1.47 bits per heavy atom. The van der Waals surface area contributed by atoms with Gasteiger partial charge in [0.15, 0.2) is 0 Å². The maximum absolute atomic E-state index is 12.7. The van der Waals surface area contributed by atoms with Crippen LogP contribution < -0.4 is 10.6 Å². The monoisotopic (exact) mass is 239 g/mol. The summed E-state index contributed by atoms with van der Waals surface area (Å²) in [5.74, 6) is -0.561. The summed E-state index contributed by atoms with van der Waals surface area (Å²) in [6, 6.07) is 2.95. The van der Waals surface area contributed by atoms with Gasteiger partial charge in [0, 0.05) is 36.5 Å². The standard InChI is InChI=1S/C12H18FN3O/c1-12(2,3)16-11(17)5-7-14-9-4-6-15-10(13)8-9/h4,6,8H,5,7H2,1-3H3,(H,14,15)(H,16,17). The molecule has 0 radical (unpaired) electrons. The second-order valence-corrected chi connectivity index (χ2v) is 4.84. The van der Waals surface area contributed by atoms with Crippen molar-refractivity contribution in [1.29, 1.82) is 0 Å². The molecule has 0 bridgehead atoms. The number of aromatic nitrogens is 1. The molecule has 1 heterocycles. The largest absolute Gasteiger partial charge is 0.384 e. The van der Waals surface area contributed by atoms with Crippen LogP contribution in [0.2, 0.25) is 0 Å². The third-order valence-corrected chi connectivity index (χ3v) is 1.92. The predicted octanol–water partition coefficient (Wildman–Crippen LogP) is 1.94. The molecule has 0 aliphatic heterocycles. The third-order valence-electron chi connectivity index (χ3n) is 1.92. The smallest absolute Gasteiger partial charge is 0.222 e. The predicted molar refractivity (Wildman–Crippen MR) is 65.2 cm³/mol. The minimum absolute atomic E-state index is 0.0282. The number of halogens is 1. The molecule has 0 spiro atoms. The van der Waals surface area contributed by atoms with Crippen molar-refractivity contribution in [3.05, 3.63) is 24.3 Å². The molecular weight excluding hydrogens is 221 g/mol. The molecule has 0 aromatic carbocycles. The van der Waals surface area contributed by atoms with E-state index < -0.39 is 5.95 Å². The van der Waals surface area contributed by atoms with E-state index in [4.69, 9.17) is 0 Å². The van der Waals surface area contributed by atoms with Crippen LogP contribution in [0.5, 0.6) is 0 Å². The van der Waals surface area contributed by atoms with Gasteiger partial charge in [-0.25, -0.2) is 4.98 Å². The summed E-state index contributed by atoms with van der Waals surface area (Å²) < 4.78 is 12.7. The van der Waals surface area contributed by atoms with Crippen molar-refractivity contribution in [2.45, 2.75) is 32.7 Å². The number of anilines is 1. The molecule has 0 saturated heterocycles. The quantitative estimate of drug-likeness (QED) is 0.789. The number of hydrogen-bond acceptors (Lipinski definition) is 3. The molecule has 0 aliphatic carbocycles. The minimum atomic E-state index is -0.533. The molecule has 0 fully saturated rings. The number of amides is 1. The normalized spacial score (nSPS) is 11.1. The molecule has 5 heteroatoms. The number of hydrogen-bond donors (Lipinski definition) is 2. The Balaban J connectivity index is 2.31. The van der Waals surface area contributed by atoms with E-state index in [0.717, 1.165) is 0 Å². The third kappa shape index (κ3) is 5.85. The van der Waals surface area contributed by atoms with Crippen LogP contribution in [0.3, 0.4) is 0 Å². The SMILES string of the molecule is CC(C)(C)NC(=O)CCNc1ccnc(F)c1. The maximum Gasteiger partial charge on any atom is 0.222 e. The Kier molecular flexibility index (Phi) is 4.43. The van der Waals surface area contributed by atoms with Crippen molar-refractivity contribution < 1.29 is 9.18 Å². The molecule has 0 atom stereocenters. The van der Waals surface area contributed by atoms with E-state index >= 15 is 0 Å². The molecule has 1 aromatic heterocycles. The van der Waals surface area contributed by atoms with Crippen LogP contribution in [-0.2, 0) is 4.79 Å². The Bertz CT molecular complexity index is 388. The van der Waals surface area contributed by atoms with Crippen molar-refractivity contribution in [3.63, 3.8) is 0 Å². The van der Waals surface area contributed by atoms with Gasteiger partial charge in [-0.05, 0) is 26.8 Å². The average Bonchev–Trinajstić information content (AvgIpc) is 2.14. The zero-order valence-corrected chi connectivity index (χ0v) is 10.4. The van der Waals surface area contributed by atoms with Crippen molar-refractivity contribution in [3.8, 4) is 0 Å². The lowest BCUT2D eigenvalue weighted by Gasteiger charge is -2.20. The summed E-state index contributed by atoms with van der Waals surface area (Å²) in [6.07, 6.45) is 1.73. The topological polar surface area (TPSA) is 54.0 Å². The number of nitrogens with one attached hydrogen (secondary N) is 2. The molecule has 0 unspecified atom stereocenters. The van der Waals surface area contributed by atoms with E-state index in [9.17, 15) is 9.18 Å². The van der Waals surface area contributed by atoms with Gasteiger partial charge in [-0.2, -0.15) is 4.39 Å². The van der Waals surface area contributed by atoms with E-state index in [1.54, 1.807) is 6.07 Å². The molecule has 17 heavy (non-hydrogen) atoms. The highest BCUT2D eigenvalue weighted by Gasteiger charge is 2.12. The Labute approximate surface area is 101 Å². The van der Waals surface area contributed by atoms with Crippen molar-refractivity contribution in [2.24, 2.45) is 0 Å². The van der Waals surface area contributed by atoms with Crippen molar-refractivity contribution in [2.75, 3.05) is 11.9 Å². The zero-order valence-electron chi connectivity index (χ0n) is 10.4. The lowest BCUT2D eigenvalue weighted by Crippen LogP contribution is -2.41. The fourth-order valence-electron chi connectivity index (χ4n) is 1.31. The maximum atomic E-state index is 12.7. The van der Waals surface area contributed by atoms with Crippen LogP contribution in [0.4, 0.5) is 10.1 Å². The summed E-state index contributed by atoms with van der Waals surface area (Å²) in [7, 11) is 0. The van der Waals surface area contributed by atoms with Gasteiger partial charge in [-0.1, -0.05) is 0 Å². The summed E-state index contributed by atoms with van der Waals surface area (Å²) >= 11 is 0. The van der Waals surface area contributed by atoms with Crippen LogP contribution in [0.15, 0.2) is 18.3 Å². The lowest BCUT2D eigenvalue weighted by molar-refractivity contribution is -0.122. The van der Waals surface area contributed by atoms with Crippen molar-refractivity contribution >= 4 is 11.6 Å². The summed E-state index contributed by atoms with van der Waals surface area (Å²) in [6.45, 7) is 6.25. The highest BCUT2D eigenvalue weighted by molar-refractivity contribution is 5.77.